The fourth-order valence-corrected chi connectivity index (χ4v) is 2.49. The van der Waals surface area contributed by atoms with Crippen molar-refractivity contribution in [2.75, 3.05) is 0 Å². The van der Waals surface area contributed by atoms with Gasteiger partial charge in [-0.05, 0) is 13.3 Å². The lowest BCUT2D eigenvalue weighted by atomic mass is 10.1. The Balaban J connectivity index is 2.67. The van der Waals surface area contributed by atoms with Crippen LogP contribution in [0.2, 0.25) is 0 Å². The molecule has 0 spiro atoms. The van der Waals surface area contributed by atoms with Crippen LogP contribution in [0.5, 0.6) is 0 Å². The molecular weight excluding hydrogens is 254 g/mol. The molecule has 1 N–H and O–H groups in total. The van der Waals surface area contributed by atoms with Gasteiger partial charge in [0.05, 0.1) is 6.54 Å². The summed E-state index contributed by atoms with van der Waals surface area (Å²) >= 11 is 0. The first-order chi connectivity index (χ1) is 8.38. The summed E-state index contributed by atoms with van der Waals surface area (Å²) in [7, 11) is -3.63. The van der Waals surface area contributed by atoms with E-state index in [9.17, 15) is 13.2 Å². The van der Waals surface area contributed by atoms with Crippen LogP contribution in [0.3, 0.4) is 0 Å². The Morgan fingerprint density at radius 1 is 1.44 bits per heavy atom. The van der Waals surface area contributed by atoms with Gasteiger partial charge in [-0.15, -0.1) is 0 Å². The maximum absolute atomic E-state index is 11.8. The van der Waals surface area contributed by atoms with E-state index in [1.165, 1.54) is 4.57 Å². The number of carbonyl (C=O) groups excluding carboxylic acids is 1. The zero-order chi connectivity index (χ0) is 13.8. The van der Waals surface area contributed by atoms with Gasteiger partial charge in [0.15, 0.2) is 0 Å². The van der Waals surface area contributed by atoms with Gasteiger partial charge in [0.25, 0.3) is 10.0 Å². The highest BCUT2D eigenvalue weighted by Crippen LogP contribution is 2.01. The third-order valence-corrected chi connectivity index (χ3v) is 3.90. The number of hydrogen-bond acceptors (Lipinski definition) is 3. The van der Waals surface area contributed by atoms with Gasteiger partial charge in [-0.1, -0.05) is 13.8 Å². The molecular formula is C11H20N3O3S+. The zero-order valence-corrected chi connectivity index (χ0v) is 11.8. The molecule has 18 heavy (non-hydrogen) atoms. The third-order valence-electron chi connectivity index (χ3n) is 2.75. The molecule has 102 valence electrons. The van der Waals surface area contributed by atoms with Crippen LogP contribution in [0.4, 0.5) is 0 Å². The number of carbonyl (C=O) groups is 1. The molecule has 0 bridgehead atoms. The molecule has 0 aliphatic heterocycles. The first kappa shape index (κ1) is 14.7. The van der Waals surface area contributed by atoms with Gasteiger partial charge in [-0.2, -0.15) is 0 Å². The van der Waals surface area contributed by atoms with E-state index < -0.39 is 15.9 Å². The molecule has 6 nitrogen and oxygen atoms in total. The van der Waals surface area contributed by atoms with Gasteiger partial charge in [0.1, 0.15) is 12.4 Å². The van der Waals surface area contributed by atoms with Gasteiger partial charge in [0, 0.05) is 5.92 Å². The topological polar surface area (TPSA) is 72.1 Å². The minimum absolute atomic E-state index is 0.248. The van der Waals surface area contributed by atoms with E-state index in [-0.39, 0.29) is 11.8 Å². The largest absolute Gasteiger partial charge is 0.274 e. The van der Waals surface area contributed by atoms with Crippen LogP contribution in [-0.2, 0) is 27.2 Å². The van der Waals surface area contributed by atoms with Crippen LogP contribution < -0.4 is 9.29 Å². The SMILES string of the molecule is CCC(C)C(=O)NS(=O)(=O)C[n+]1ccn(CC)c1. The number of rotatable bonds is 6. The van der Waals surface area contributed by atoms with E-state index in [0.29, 0.717) is 6.42 Å². The summed E-state index contributed by atoms with van der Waals surface area (Å²) in [4.78, 5) is 11.5. The van der Waals surface area contributed by atoms with Crippen molar-refractivity contribution in [3.05, 3.63) is 18.7 Å². The summed E-state index contributed by atoms with van der Waals surface area (Å²) in [6, 6.07) is 0. The van der Waals surface area contributed by atoms with E-state index in [1.807, 2.05) is 18.4 Å². The van der Waals surface area contributed by atoms with Crippen molar-refractivity contribution in [3.63, 3.8) is 0 Å². The van der Waals surface area contributed by atoms with Crippen molar-refractivity contribution in [1.82, 2.24) is 9.29 Å². The molecule has 0 aromatic carbocycles. The van der Waals surface area contributed by atoms with Crippen LogP contribution in [-0.4, -0.2) is 18.9 Å². The lowest BCUT2D eigenvalue weighted by Crippen LogP contribution is -2.44. The number of imidazole rings is 1. The Labute approximate surface area is 108 Å². The molecule has 1 atom stereocenters. The van der Waals surface area contributed by atoms with Crippen molar-refractivity contribution in [1.29, 1.82) is 0 Å². The second-order valence-electron chi connectivity index (χ2n) is 4.28. The molecule has 0 aliphatic carbocycles. The highest BCUT2D eigenvalue weighted by atomic mass is 32.2. The quantitative estimate of drug-likeness (QED) is 0.756. The lowest BCUT2D eigenvalue weighted by molar-refractivity contribution is -0.677. The van der Waals surface area contributed by atoms with Gasteiger partial charge in [0.2, 0.25) is 18.1 Å². The van der Waals surface area contributed by atoms with Crippen LogP contribution in [0.25, 0.3) is 0 Å². The second-order valence-corrected chi connectivity index (χ2v) is 5.97. The Bertz CT molecular complexity index is 507. The molecule has 1 unspecified atom stereocenters. The average Bonchev–Trinajstić information content (AvgIpc) is 2.73. The number of hydrogen-bond donors (Lipinski definition) is 1. The Kier molecular flexibility index (Phi) is 4.89. The molecule has 0 saturated heterocycles. The summed E-state index contributed by atoms with van der Waals surface area (Å²) in [5, 5.41) is 0. The molecule has 0 saturated carbocycles. The molecule has 0 aliphatic rings. The van der Waals surface area contributed by atoms with Crippen molar-refractivity contribution < 1.29 is 17.8 Å². The first-order valence-corrected chi connectivity index (χ1v) is 7.62. The van der Waals surface area contributed by atoms with Crippen molar-refractivity contribution in [3.8, 4) is 0 Å². The number of amides is 1. The lowest BCUT2D eigenvalue weighted by Gasteiger charge is -2.09. The Morgan fingerprint density at radius 3 is 2.61 bits per heavy atom. The molecule has 1 amide bonds. The smallest absolute Gasteiger partial charge is 0.274 e. The van der Waals surface area contributed by atoms with E-state index in [0.717, 1.165) is 6.54 Å². The van der Waals surface area contributed by atoms with Crippen LogP contribution in [0.1, 0.15) is 27.2 Å². The predicted molar refractivity (Wildman–Crippen MR) is 66.8 cm³/mol. The fourth-order valence-electron chi connectivity index (χ4n) is 1.37. The molecule has 1 heterocycles. The minimum atomic E-state index is -3.63. The number of nitrogens with zero attached hydrogens (tertiary/aromatic N) is 2. The monoisotopic (exact) mass is 274 g/mol. The van der Waals surface area contributed by atoms with Crippen molar-refractivity contribution in [2.45, 2.75) is 39.6 Å². The summed E-state index contributed by atoms with van der Waals surface area (Å²) < 4.78 is 29.0. The summed E-state index contributed by atoms with van der Waals surface area (Å²) in [6.45, 7) is 6.27. The van der Waals surface area contributed by atoms with Crippen LogP contribution in [0, 0.1) is 5.92 Å². The Morgan fingerprint density at radius 2 is 2.11 bits per heavy atom. The van der Waals surface area contributed by atoms with E-state index in [2.05, 4.69) is 4.72 Å². The van der Waals surface area contributed by atoms with Crippen LogP contribution >= 0.6 is 0 Å². The molecule has 1 rings (SSSR count). The van der Waals surface area contributed by atoms with E-state index >= 15 is 0 Å². The maximum Gasteiger partial charge on any atom is 0.274 e. The van der Waals surface area contributed by atoms with E-state index in [4.69, 9.17) is 0 Å². The number of aromatic nitrogens is 2. The first-order valence-electron chi connectivity index (χ1n) is 5.97. The minimum Gasteiger partial charge on any atom is -0.274 e. The average molecular weight is 274 g/mol. The normalized spacial score (nSPS) is 13.3. The molecule has 0 fully saturated rings. The number of aryl methyl sites for hydroxylation is 1. The maximum atomic E-state index is 11.8. The highest BCUT2D eigenvalue weighted by Gasteiger charge is 2.21. The predicted octanol–water partition coefficient (Wildman–Crippen LogP) is 0.245. The number of sulfonamides is 1. The second kappa shape index (κ2) is 5.99. The molecule has 1 aromatic rings. The molecule has 0 radical (unpaired) electrons. The summed E-state index contributed by atoms with van der Waals surface area (Å²) in [5.74, 6) is -1.000. The molecule has 7 heteroatoms. The van der Waals surface area contributed by atoms with Gasteiger partial charge in [-0.25, -0.2) is 22.3 Å². The zero-order valence-electron chi connectivity index (χ0n) is 11.0. The van der Waals surface area contributed by atoms with Gasteiger partial charge in [-0.3, -0.25) is 4.79 Å². The molecule has 1 aromatic heterocycles. The standard InChI is InChI=1S/C11H19N3O3S/c1-4-10(3)11(15)12-18(16,17)9-14-7-6-13(5-2)8-14/h6-8,10H,4-5,9H2,1-3H3/p+1. The van der Waals surface area contributed by atoms with Crippen LogP contribution in [0.15, 0.2) is 18.7 Å². The highest BCUT2D eigenvalue weighted by molar-refractivity contribution is 7.88. The van der Waals surface area contributed by atoms with Crippen molar-refractivity contribution >= 4 is 15.9 Å². The number of nitrogens with one attached hydrogen (secondary N) is 1. The fraction of sp³-hybridized carbons (Fsp3) is 0.636. The van der Waals surface area contributed by atoms with Gasteiger partial charge >= 0.3 is 0 Å². The van der Waals surface area contributed by atoms with E-state index in [1.54, 1.807) is 25.6 Å². The summed E-state index contributed by atoms with van der Waals surface area (Å²) in [5.41, 5.74) is 0. The van der Waals surface area contributed by atoms with Crippen molar-refractivity contribution in [2.24, 2.45) is 5.92 Å². The third kappa shape index (κ3) is 4.14. The van der Waals surface area contributed by atoms with Gasteiger partial charge < -0.3 is 0 Å². The Hall–Kier alpha value is -1.37. The summed E-state index contributed by atoms with van der Waals surface area (Å²) in [6.07, 6.45) is 5.75.